The molecule has 0 aliphatic rings. The van der Waals surface area contributed by atoms with Crippen molar-refractivity contribution >= 4 is 11.7 Å². The van der Waals surface area contributed by atoms with E-state index >= 15 is 0 Å². The van der Waals surface area contributed by atoms with Crippen molar-refractivity contribution in [1.82, 2.24) is 10.2 Å². The Labute approximate surface area is 105 Å². The second-order valence-corrected chi connectivity index (χ2v) is 4.11. The number of aliphatic hydroxyl groups excluding tert-OH is 1. The lowest BCUT2D eigenvalue weighted by Crippen LogP contribution is -2.15. The number of aromatic nitrogens is 2. The Morgan fingerprint density at radius 3 is 2.78 bits per heavy atom. The normalized spacial score (nSPS) is 12.1. The third-order valence-electron chi connectivity index (χ3n) is 2.54. The summed E-state index contributed by atoms with van der Waals surface area (Å²) in [5.74, 6) is 0.204. The van der Waals surface area contributed by atoms with Gasteiger partial charge in [-0.3, -0.25) is 9.89 Å². The Morgan fingerprint density at radius 1 is 1.44 bits per heavy atom. The molecule has 0 fully saturated rings. The van der Waals surface area contributed by atoms with Crippen molar-refractivity contribution in [2.45, 2.75) is 19.4 Å². The van der Waals surface area contributed by atoms with Crippen molar-refractivity contribution in [3.8, 4) is 0 Å². The highest BCUT2D eigenvalue weighted by atomic mass is 16.3. The molecule has 0 aliphatic carbocycles. The number of benzene rings is 1. The fraction of sp³-hybridized carbons (Fsp3) is 0.231. The van der Waals surface area contributed by atoms with E-state index in [4.69, 9.17) is 0 Å². The monoisotopic (exact) mass is 245 g/mol. The minimum Gasteiger partial charge on any atom is -0.388 e. The molecule has 0 aliphatic heterocycles. The third kappa shape index (κ3) is 3.18. The molecular weight excluding hydrogens is 230 g/mol. The van der Waals surface area contributed by atoms with E-state index in [9.17, 15) is 9.90 Å². The number of H-pyrrole nitrogens is 1. The van der Waals surface area contributed by atoms with E-state index in [1.165, 1.54) is 0 Å². The van der Waals surface area contributed by atoms with Gasteiger partial charge in [-0.1, -0.05) is 30.3 Å². The molecule has 0 spiro atoms. The van der Waals surface area contributed by atoms with Crippen molar-refractivity contribution in [1.29, 1.82) is 0 Å². The minimum absolute atomic E-state index is 0.00984. The number of aliphatic hydroxyl groups is 1. The number of anilines is 1. The highest BCUT2D eigenvalue weighted by molar-refractivity contribution is 5.90. The number of aromatic amines is 1. The van der Waals surface area contributed by atoms with Gasteiger partial charge in [0.25, 0.3) is 0 Å². The molecule has 0 radical (unpaired) electrons. The van der Waals surface area contributed by atoms with Gasteiger partial charge in [0.15, 0.2) is 5.82 Å². The lowest BCUT2D eigenvalue weighted by molar-refractivity contribution is -0.118. The number of carbonyl (C=O) groups excluding carboxylic acids is 1. The van der Waals surface area contributed by atoms with E-state index in [-0.39, 0.29) is 12.3 Å². The maximum Gasteiger partial charge on any atom is 0.228 e. The van der Waals surface area contributed by atoms with Crippen molar-refractivity contribution in [3.63, 3.8) is 0 Å². The predicted octanol–water partition coefficient (Wildman–Crippen LogP) is 1.78. The van der Waals surface area contributed by atoms with Gasteiger partial charge in [-0.15, -0.1) is 0 Å². The summed E-state index contributed by atoms with van der Waals surface area (Å²) in [5, 5.41) is 19.1. The molecule has 1 aromatic carbocycles. The molecule has 1 heterocycles. The highest BCUT2D eigenvalue weighted by Crippen LogP contribution is 2.16. The quantitative estimate of drug-likeness (QED) is 0.768. The summed E-state index contributed by atoms with van der Waals surface area (Å²) >= 11 is 0. The van der Waals surface area contributed by atoms with Crippen LogP contribution in [0.25, 0.3) is 0 Å². The van der Waals surface area contributed by atoms with Crippen LogP contribution in [0.1, 0.15) is 23.8 Å². The standard InChI is InChI=1S/C13H15N3O2/c1-9-7-12(16-15-9)14-13(18)8-11(17)10-5-3-2-4-6-10/h2-7,11,17H,8H2,1H3,(H2,14,15,16,18)/t11-/m1/s1. The van der Waals surface area contributed by atoms with Crippen LogP contribution in [-0.2, 0) is 4.79 Å². The van der Waals surface area contributed by atoms with Gasteiger partial charge in [0.1, 0.15) is 0 Å². The van der Waals surface area contributed by atoms with Gasteiger partial charge in [0.05, 0.1) is 12.5 Å². The van der Waals surface area contributed by atoms with Crippen LogP contribution >= 0.6 is 0 Å². The molecule has 0 unspecified atom stereocenters. The maximum atomic E-state index is 11.7. The highest BCUT2D eigenvalue weighted by Gasteiger charge is 2.13. The summed E-state index contributed by atoms with van der Waals surface area (Å²) in [6.45, 7) is 1.85. The zero-order chi connectivity index (χ0) is 13.0. The number of amides is 1. The lowest BCUT2D eigenvalue weighted by atomic mass is 10.1. The molecule has 0 bridgehead atoms. The van der Waals surface area contributed by atoms with Gasteiger partial charge < -0.3 is 10.4 Å². The van der Waals surface area contributed by atoms with E-state index < -0.39 is 6.10 Å². The van der Waals surface area contributed by atoms with Gasteiger partial charge in [-0.25, -0.2) is 0 Å². The predicted molar refractivity (Wildman–Crippen MR) is 68.0 cm³/mol. The van der Waals surface area contributed by atoms with Crippen LogP contribution in [0.15, 0.2) is 36.4 Å². The van der Waals surface area contributed by atoms with Crippen LogP contribution < -0.4 is 5.32 Å². The molecule has 5 nitrogen and oxygen atoms in total. The van der Waals surface area contributed by atoms with Gasteiger partial charge in [-0.2, -0.15) is 5.10 Å². The third-order valence-corrected chi connectivity index (χ3v) is 2.54. The van der Waals surface area contributed by atoms with E-state index in [1.54, 1.807) is 18.2 Å². The van der Waals surface area contributed by atoms with Gasteiger partial charge in [0, 0.05) is 11.8 Å². The second-order valence-electron chi connectivity index (χ2n) is 4.11. The zero-order valence-electron chi connectivity index (χ0n) is 10.1. The van der Waals surface area contributed by atoms with Crippen LogP contribution in [-0.4, -0.2) is 21.2 Å². The number of nitrogens with one attached hydrogen (secondary N) is 2. The molecule has 1 atom stereocenters. The number of hydrogen-bond donors (Lipinski definition) is 3. The fourth-order valence-corrected chi connectivity index (χ4v) is 1.64. The van der Waals surface area contributed by atoms with Crippen molar-refractivity contribution < 1.29 is 9.90 Å². The first-order chi connectivity index (χ1) is 8.65. The van der Waals surface area contributed by atoms with E-state index in [0.717, 1.165) is 11.3 Å². The van der Waals surface area contributed by atoms with Crippen molar-refractivity contribution in [2.75, 3.05) is 5.32 Å². The summed E-state index contributed by atoms with van der Waals surface area (Å²) in [6.07, 6.45) is -0.790. The first-order valence-electron chi connectivity index (χ1n) is 5.70. The van der Waals surface area contributed by atoms with Crippen molar-refractivity contribution in [3.05, 3.63) is 47.7 Å². The molecule has 0 saturated heterocycles. The van der Waals surface area contributed by atoms with E-state index in [2.05, 4.69) is 15.5 Å². The van der Waals surface area contributed by atoms with Crippen LogP contribution in [0, 0.1) is 6.92 Å². The summed E-state index contributed by atoms with van der Waals surface area (Å²) in [6, 6.07) is 10.8. The van der Waals surface area contributed by atoms with E-state index in [1.807, 2.05) is 25.1 Å². The molecule has 3 N–H and O–H groups in total. The first kappa shape index (κ1) is 12.3. The molecule has 1 amide bonds. The molecule has 5 heteroatoms. The molecular formula is C13H15N3O2. The second kappa shape index (κ2) is 5.46. The van der Waals surface area contributed by atoms with Crippen LogP contribution in [0.2, 0.25) is 0 Å². The molecule has 94 valence electrons. The Bertz CT molecular complexity index is 522. The van der Waals surface area contributed by atoms with Gasteiger partial charge in [-0.05, 0) is 12.5 Å². The number of hydrogen-bond acceptors (Lipinski definition) is 3. The fourth-order valence-electron chi connectivity index (χ4n) is 1.64. The van der Waals surface area contributed by atoms with Gasteiger partial charge in [0.2, 0.25) is 5.91 Å². The maximum absolute atomic E-state index is 11.7. The zero-order valence-corrected chi connectivity index (χ0v) is 10.1. The first-order valence-corrected chi connectivity index (χ1v) is 5.70. The Morgan fingerprint density at radius 2 is 2.17 bits per heavy atom. The van der Waals surface area contributed by atoms with Crippen molar-refractivity contribution in [2.24, 2.45) is 0 Å². The van der Waals surface area contributed by atoms with Crippen LogP contribution in [0.3, 0.4) is 0 Å². The molecule has 18 heavy (non-hydrogen) atoms. The number of rotatable bonds is 4. The smallest absolute Gasteiger partial charge is 0.228 e. The number of aryl methyl sites for hydroxylation is 1. The number of carbonyl (C=O) groups is 1. The summed E-state index contributed by atoms with van der Waals surface area (Å²) < 4.78 is 0. The topological polar surface area (TPSA) is 78.0 Å². The minimum atomic E-state index is -0.800. The molecule has 2 aromatic rings. The van der Waals surface area contributed by atoms with E-state index in [0.29, 0.717) is 5.82 Å². The summed E-state index contributed by atoms with van der Waals surface area (Å²) in [7, 11) is 0. The molecule has 0 saturated carbocycles. The van der Waals surface area contributed by atoms with Crippen LogP contribution in [0.5, 0.6) is 0 Å². The Balaban J connectivity index is 1.92. The molecule has 2 rings (SSSR count). The SMILES string of the molecule is Cc1cc(NC(=O)C[C@@H](O)c2ccccc2)n[nH]1. The Hall–Kier alpha value is -2.14. The summed E-state index contributed by atoms with van der Waals surface area (Å²) in [4.78, 5) is 11.7. The lowest BCUT2D eigenvalue weighted by Gasteiger charge is -2.09. The molecule has 1 aromatic heterocycles. The average molecular weight is 245 g/mol. The Kier molecular flexibility index (Phi) is 3.74. The average Bonchev–Trinajstić information content (AvgIpc) is 2.75. The summed E-state index contributed by atoms with van der Waals surface area (Å²) in [5.41, 5.74) is 1.60. The number of nitrogens with zero attached hydrogens (tertiary/aromatic N) is 1. The van der Waals surface area contributed by atoms with Gasteiger partial charge >= 0.3 is 0 Å². The van der Waals surface area contributed by atoms with Crippen LogP contribution in [0.4, 0.5) is 5.82 Å². The largest absolute Gasteiger partial charge is 0.388 e.